The summed E-state index contributed by atoms with van der Waals surface area (Å²) < 4.78 is 1.88. The molecule has 0 spiro atoms. The molecule has 15 heavy (non-hydrogen) atoms. The SMILES string of the molecule is Cc1cnn(-c2cccc(C)c2CN)c1. The van der Waals surface area contributed by atoms with E-state index in [4.69, 9.17) is 5.73 Å². The van der Waals surface area contributed by atoms with Crippen LogP contribution >= 0.6 is 0 Å². The van der Waals surface area contributed by atoms with E-state index in [0.29, 0.717) is 6.54 Å². The van der Waals surface area contributed by atoms with Crippen molar-refractivity contribution in [3.8, 4) is 5.69 Å². The van der Waals surface area contributed by atoms with Crippen molar-refractivity contribution in [2.24, 2.45) is 5.73 Å². The highest BCUT2D eigenvalue weighted by Crippen LogP contribution is 2.17. The summed E-state index contributed by atoms with van der Waals surface area (Å²) in [6.07, 6.45) is 3.86. The van der Waals surface area contributed by atoms with Gasteiger partial charge in [-0.25, -0.2) is 4.68 Å². The molecular formula is C12H15N3. The Bertz CT molecular complexity index is 471. The molecule has 0 bridgehead atoms. The molecule has 0 aliphatic rings. The standard InChI is InChI=1S/C12H15N3/c1-9-7-14-15(8-9)12-5-3-4-10(2)11(12)6-13/h3-5,7-8H,6,13H2,1-2H3. The first-order valence-corrected chi connectivity index (χ1v) is 5.02. The zero-order valence-corrected chi connectivity index (χ0v) is 9.07. The molecule has 0 amide bonds. The van der Waals surface area contributed by atoms with E-state index in [2.05, 4.69) is 18.1 Å². The summed E-state index contributed by atoms with van der Waals surface area (Å²) in [6, 6.07) is 6.14. The molecule has 0 radical (unpaired) electrons. The molecular weight excluding hydrogens is 186 g/mol. The van der Waals surface area contributed by atoms with E-state index in [0.717, 1.165) is 16.8 Å². The van der Waals surface area contributed by atoms with Crippen LogP contribution in [-0.4, -0.2) is 9.78 Å². The Morgan fingerprint density at radius 3 is 2.73 bits per heavy atom. The van der Waals surface area contributed by atoms with Crippen LogP contribution in [0.15, 0.2) is 30.6 Å². The van der Waals surface area contributed by atoms with E-state index >= 15 is 0 Å². The van der Waals surface area contributed by atoms with Gasteiger partial charge in [-0.3, -0.25) is 0 Å². The van der Waals surface area contributed by atoms with E-state index in [9.17, 15) is 0 Å². The van der Waals surface area contributed by atoms with E-state index < -0.39 is 0 Å². The van der Waals surface area contributed by atoms with Crippen LogP contribution in [-0.2, 0) is 6.54 Å². The summed E-state index contributed by atoms with van der Waals surface area (Å²) >= 11 is 0. The lowest BCUT2D eigenvalue weighted by Gasteiger charge is -2.10. The minimum absolute atomic E-state index is 0.543. The number of benzene rings is 1. The summed E-state index contributed by atoms with van der Waals surface area (Å²) in [5, 5.41) is 4.30. The normalized spacial score (nSPS) is 10.6. The Kier molecular flexibility index (Phi) is 2.56. The maximum absolute atomic E-state index is 5.75. The molecule has 1 heterocycles. The molecule has 0 fully saturated rings. The Labute approximate surface area is 89.5 Å². The van der Waals surface area contributed by atoms with Crippen molar-refractivity contribution in [2.75, 3.05) is 0 Å². The number of aryl methyl sites for hydroxylation is 2. The maximum atomic E-state index is 5.75. The summed E-state index contributed by atoms with van der Waals surface area (Å²) in [4.78, 5) is 0. The smallest absolute Gasteiger partial charge is 0.0693 e. The molecule has 3 heteroatoms. The molecule has 0 aliphatic carbocycles. The topological polar surface area (TPSA) is 43.8 Å². The predicted octanol–water partition coefficient (Wildman–Crippen LogP) is 1.95. The molecule has 0 atom stereocenters. The predicted molar refractivity (Wildman–Crippen MR) is 60.9 cm³/mol. The van der Waals surface area contributed by atoms with Crippen molar-refractivity contribution in [3.05, 3.63) is 47.3 Å². The van der Waals surface area contributed by atoms with Gasteiger partial charge in [-0.05, 0) is 36.6 Å². The number of rotatable bonds is 2. The van der Waals surface area contributed by atoms with Crippen molar-refractivity contribution < 1.29 is 0 Å². The highest BCUT2D eigenvalue weighted by atomic mass is 15.3. The first-order valence-electron chi connectivity index (χ1n) is 5.02. The summed E-state index contributed by atoms with van der Waals surface area (Å²) in [7, 11) is 0. The molecule has 1 aromatic carbocycles. The zero-order valence-electron chi connectivity index (χ0n) is 9.07. The van der Waals surface area contributed by atoms with Crippen molar-refractivity contribution in [2.45, 2.75) is 20.4 Å². The van der Waals surface area contributed by atoms with Crippen molar-refractivity contribution in [1.29, 1.82) is 0 Å². The monoisotopic (exact) mass is 201 g/mol. The second kappa shape index (κ2) is 3.87. The van der Waals surface area contributed by atoms with Crippen LogP contribution in [0.25, 0.3) is 5.69 Å². The molecule has 0 unspecified atom stereocenters. The summed E-state index contributed by atoms with van der Waals surface area (Å²) in [5.74, 6) is 0. The van der Waals surface area contributed by atoms with Crippen LogP contribution in [0.5, 0.6) is 0 Å². The second-order valence-corrected chi connectivity index (χ2v) is 3.74. The van der Waals surface area contributed by atoms with Gasteiger partial charge in [-0.1, -0.05) is 12.1 Å². The Morgan fingerprint density at radius 1 is 1.33 bits per heavy atom. The van der Waals surface area contributed by atoms with Crippen LogP contribution in [0.4, 0.5) is 0 Å². The fraction of sp³-hybridized carbons (Fsp3) is 0.250. The molecule has 2 aromatic rings. The van der Waals surface area contributed by atoms with E-state index in [1.165, 1.54) is 5.56 Å². The third-order valence-corrected chi connectivity index (χ3v) is 2.55. The van der Waals surface area contributed by atoms with Gasteiger partial charge in [0.2, 0.25) is 0 Å². The molecule has 1 aromatic heterocycles. The van der Waals surface area contributed by atoms with Gasteiger partial charge in [0.1, 0.15) is 0 Å². The van der Waals surface area contributed by atoms with Crippen LogP contribution in [0.1, 0.15) is 16.7 Å². The van der Waals surface area contributed by atoms with Crippen LogP contribution < -0.4 is 5.73 Å². The number of nitrogens with two attached hydrogens (primary N) is 1. The van der Waals surface area contributed by atoms with Gasteiger partial charge in [-0.15, -0.1) is 0 Å². The third kappa shape index (κ3) is 1.78. The lowest BCUT2D eigenvalue weighted by molar-refractivity contribution is 0.854. The molecule has 0 saturated carbocycles. The van der Waals surface area contributed by atoms with E-state index in [1.807, 2.05) is 36.1 Å². The number of hydrogen-bond acceptors (Lipinski definition) is 2. The Morgan fingerprint density at radius 2 is 2.13 bits per heavy atom. The molecule has 3 nitrogen and oxygen atoms in total. The molecule has 2 rings (SSSR count). The van der Waals surface area contributed by atoms with E-state index in [1.54, 1.807) is 0 Å². The van der Waals surface area contributed by atoms with Gasteiger partial charge in [-0.2, -0.15) is 5.10 Å². The zero-order chi connectivity index (χ0) is 10.8. The van der Waals surface area contributed by atoms with Crippen LogP contribution in [0.2, 0.25) is 0 Å². The summed E-state index contributed by atoms with van der Waals surface area (Å²) in [6.45, 7) is 4.64. The minimum Gasteiger partial charge on any atom is -0.326 e. The Hall–Kier alpha value is -1.61. The average Bonchev–Trinajstić information content (AvgIpc) is 2.64. The van der Waals surface area contributed by atoms with Crippen LogP contribution in [0.3, 0.4) is 0 Å². The van der Waals surface area contributed by atoms with Gasteiger partial charge in [0, 0.05) is 12.7 Å². The van der Waals surface area contributed by atoms with Crippen molar-refractivity contribution in [3.63, 3.8) is 0 Å². The highest BCUT2D eigenvalue weighted by molar-refractivity contribution is 5.45. The number of aromatic nitrogens is 2. The fourth-order valence-electron chi connectivity index (χ4n) is 1.71. The quantitative estimate of drug-likeness (QED) is 0.807. The van der Waals surface area contributed by atoms with Gasteiger partial charge in [0.15, 0.2) is 0 Å². The van der Waals surface area contributed by atoms with Crippen molar-refractivity contribution in [1.82, 2.24) is 9.78 Å². The molecule has 78 valence electrons. The highest BCUT2D eigenvalue weighted by Gasteiger charge is 2.06. The first kappa shape index (κ1) is 9.93. The maximum Gasteiger partial charge on any atom is 0.0693 e. The molecule has 0 saturated heterocycles. The minimum atomic E-state index is 0.543. The van der Waals surface area contributed by atoms with Gasteiger partial charge >= 0.3 is 0 Å². The molecule has 0 aliphatic heterocycles. The van der Waals surface area contributed by atoms with Gasteiger partial charge < -0.3 is 5.73 Å². The van der Waals surface area contributed by atoms with Gasteiger partial charge in [0.05, 0.1) is 11.9 Å². The molecule has 2 N–H and O–H groups in total. The van der Waals surface area contributed by atoms with E-state index in [-0.39, 0.29) is 0 Å². The second-order valence-electron chi connectivity index (χ2n) is 3.74. The summed E-state index contributed by atoms with van der Waals surface area (Å²) in [5.41, 5.74) is 10.3. The lowest BCUT2D eigenvalue weighted by atomic mass is 10.1. The number of hydrogen-bond donors (Lipinski definition) is 1. The third-order valence-electron chi connectivity index (χ3n) is 2.55. The largest absolute Gasteiger partial charge is 0.326 e. The Balaban J connectivity index is 2.57. The number of nitrogens with zero attached hydrogens (tertiary/aromatic N) is 2. The van der Waals surface area contributed by atoms with Crippen molar-refractivity contribution >= 4 is 0 Å². The average molecular weight is 201 g/mol. The lowest BCUT2D eigenvalue weighted by Crippen LogP contribution is -2.06. The first-order chi connectivity index (χ1) is 7.22. The van der Waals surface area contributed by atoms with Crippen LogP contribution in [0, 0.1) is 13.8 Å². The fourth-order valence-corrected chi connectivity index (χ4v) is 1.71. The van der Waals surface area contributed by atoms with Gasteiger partial charge in [0.25, 0.3) is 0 Å².